The lowest BCUT2D eigenvalue weighted by molar-refractivity contribution is 0.0583. The molecule has 21 heavy (non-hydrogen) atoms. The van der Waals surface area contributed by atoms with E-state index in [2.05, 4.69) is 5.32 Å². The van der Waals surface area contributed by atoms with Crippen LogP contribution in [0.2, 0.25) is 0 Å². The van der Waals surface area contributed by atoms with E-state index in [0.29, 0.717) is 37.4 Å². The van der Waals surface area contributed by atoms with Gasteiger partial charge in [-0.05, 0) is 12.1 Å². The second-order valence-electron chi connectivity index (χ2n) is 4.70. The van der Waals surface area contributed by atoms with Crippen molar-refractivity contribution in [1.82, 2.24) is 4.90 Å². The van der Waals surface area contributed by atoms with Gasteiger partial charge in [-0.1, -0.05) is 12.1 Å². The Balaban J connectivity index is 1.84. The topological polar surface area (TPSA) is 88.1 Å². The van der Waals surface area contributed by atoms with Crippen molar-refractivity contribution < 1.29 is 24.2 Å². The summed E-state index contributed by atoms with van der Waals surface area (Å²) in [6.45, 7) is 0.754. The highest BCUT2D eigenvalue weighted by Gasteiger charge is 2.25. The minimum Gasteiger partial charge on any atom is -0.495 e. The zero-order chi connectivity index (χ0) is 15.2. The van der Waals surface area contributed by atoms with Crippen LogP contribution < -0.4 is 10.1 Å². The third-order valence-corrected chi connectivity index (χ3v) is 3.33. The lowest BCUT2D eigenvalue weighted by atomic mass is 10.1. The molecule has 1 saturated heterocycles. The summed E-state index contributed by atoms with van der Waals surface area (Å²) in [5.41, 5.74) is 0.535. The molecule has 7 heteroatoms. The van der Waals surface area contributed by atoms with Crippen LogP contribution in [0.25, 0.3) is 0 Å². The number of methoxy groups -OCH3 is 1. The van der Waals surface area contributed by atoms with E-state index in [1.54, 1.807) is 24.3 Å². The van der Waals surface area contributed by atoms with E-state index < -0.39 is 12.2 Å². The van der Waals surface area contributed by atoms with E-state index in [4.69, 9.17) is 14.6 Å². The molecule has 1 aliphatic rings. The minimum atomic E-state index is -0.938. The maximum Gasteiger partial charge on any atom is 0.412 e. The summed E-state index contributed by atoms with van der Waals surface area (Å²) in [5.74, 6) is 0.551. The van der Waals surface area contributed by atoms with Crippen LogP contribution >= 0.6 is 0 Å². The van der Waals surface area contributed by atoms with Crippen LogP contribution in [0.5, 0.6) is 5.75 Å². The Hall–Kier alpha value is -2.44. The van der Waals surface area contributed by atoms with Crippen molar-refractivity contribution in [1.29, 1.82) is 0 Å². The first-order valence-electron chi connectivity index (χ1n) is 6.68. The Labute approximate surface area is 122 Å². The smallest absolute Gasteiger partial charge is 0.412 e. The zero-order valence-electron chi connectivity index (χ0n) is 11.7. The molecule has 0 unspecified atom stereocenters. The van der Waals surface area contributed by atoms with Crippen molar-refractivity contribution in [3.05, 3.63) is 24.3 Å². The van der Waals surface area contributed by atoms with E-state index in [0.717, 1.165) is 0 Å². The van der Waals surface area contributed by atoms with Gasteiger partial charge in [0, 0.05) is 25.9 Å². The predicted octanol–water partition coefficient (Wildman–Crippen LogP) is 2.39. The van der Waals surface area contributed by atoms with Gasteiger partial charge in [0.25, 0.3) is 0 Å². The molecule has 1 fully saturated rings. The molecule has 1 aliphatic heterocycles. The maximum absolute atomic E-state index is 11.8. The van der Waals surface area contributed by atoms with E-state index in [1.807, 2.05) is 0 Å². The number of ether oxygens (including phenoxy) is 2. The van der Waals surface area contributed by atoms with Crippen molar-refractivity contribution in [2.75, 3.05) is 25.5 Å². The Bertz CT molecular complexity index is 512. The first kappa shape index (κ1) is 15.0. The van der Waals surface area contributed by atoms with Crippen LogP contribution in [0.3, 0.4) is 0 Å². The number of para-hydroxylation sites is 2. The summed E-state index contributed by atoms with van der Waals surface area (Å²) in [4.78, 5) is 23.9. The highest BCUT2D eigenvalue weighted by atomic mass is 16.6. The highest BCUT2D eigenvalue weighted by Crippen LogP contribution is 2.23. The van der Waals surface area contributed by atoms with E-state index in [9.17, 15) is 9.59 Å². The van der Waals surface area contributed by atoms with Gasteiger partial charge in [-0.15, -0.1) is 0 Å². The molecule has 7 nitrogen and oxygen atoms in total. The number of benzene rings is 1. The Kier molecular flexibility index (Phi) is 4.86. The molecule has 1 heterocycles. The van der Waals surface area contributed by atoms with Crippen LogP contribution in [0.15, 0.2) is 24.3 Å². The molecule has 114 valence electrons. The predicted molar refractivity (Wildman–Crippen MR) is 75.7 cm³/mol. The van der Waals surface area contributed by atoms with Gasteiger partial charge in [0.2, 0.25) is 0 Å². The van der Waals surface area contributed by atoms with Crippen molar-refractivity contribution in [2.24, 2.45) is 0 Å². The first-order chi connectivity index (χ1) is 10.1. The molecule has 0 aliphatic carbocycles. The first-order valence-corrected chi connectivity index (χ1v) is 6.68. The van der Waals surface area contributed by atoms with Gasteiger partial charge in [-0.2, -0.15) is 0 Å². The number of carboxylic acid groups (broad SMARTS) is 1. The third-order valence-electron chi connectivity index (χ3n) is 3.33. The molecule has 2 N–H and O–H groups in total. The maximum atomic E-state index is 11.8. The molecule has 1 aromatic carbocycles. The van der Waals surface area contributed by atoms with Crippen molar-refractivity contribution in [2.45, 2.75) is 18.9 Å². The zero-order valence-corrected chi connectivity index (χ0v) is 11.7. The van der Waals surface area contributed by atoms with Crippen LogP contribution in [-0.4, -0.2) is 48.5 Å². The van der Waals surface area contributed by atoms with Crippen LogP contribution in [0.1, 0.15) is 12.8 Å². The van der Waals surface area contributed by atoms with Crippen LogP contribution in [0.4, 0.5) is 15.3 Å². The molecule has 0 atom stereocenters. The van der Waals surface area contributed by atoms with Crippen molar-refractivity contribution >= 4 is 17.9 Å². The second-order valence-corrected chi connectivity index (χ2v) is 4.70. The number of rotatable bonds is 3. The van der Waals surface area contributed by atoms with E-state index >= 15 is 0 Å². The van der Waals surface area contributed by atoms with Gasteiger partial charge in [-0.3, -0.25) is 5.32 Å². The molecule has 1 aromatic rings. The van der Waals surface area contributed by atoms with Gasteiger partial charge < -0.3 is 19.5 Å². The van der Waals surface area contributed by atoms with E-state index in [1.165, 1.54) is 12.0 Å². The van der Waals surface area contributed by atoms with Gasteiger partial charge in [0.05, 0.1) is 12.8 Å². The minimum absolute atomic E-state index is 0.268. The quantitative estimate of drug-likeness (QED) is 0.893. The summed E-state index contributed by atoms with van der Waals surface area (Å²) in [7, 11) is 1.52. The van der Waals surface area contributed by atoms with Gasteiger partial charge in [0.1, 0.15) is 11.9 Å². The summed E-state index contributed by atoms with van der Waals surface area (Å²) in [6, 6.07) is 7.04. The molecule has 2 rings (SSSR count). The third kappa shape index (κ3) is 4.01. The normalized spacial score (nSPS) is 15.4. The molecule has 0 spiro atoms. The molecule has 0 bridgehead atoms. The Morgan fingerprint density at radius 3 is 2.57 bits per heavy atom. The fourth-order valence-corrected chi connectivity index (χ4v) is 2.20. The molecular weight excluding hydrogens is 276 g/mol. The van der Waals surface area contributed by atoms with Gasteiger partial charge >= 0.3 is 12.2 Å². The van der Waals surface area contributed by atoms with Crippen LogP contribution in [-0.2, 0) is 4.74 Å². The number of amides is 2. The van der Waals surface area contributed by atoms with Crippen molar-refractivity contribution in [3.63, 3.8) is 0 Å². The Morgan fingerprint density at radius 2 is 1.95 bits per heavy atom. The van der Waals surface area contributed by atoms with Crippen molar-refractivity contribution in [3.8, 4) is 5.75 Å². The Morgan fingerprint density at radius 1 is 1.29 bits per heavy atom. The molecule has 2 amide bonds. The SMILES string of the molecule is COc1ccccc1NC(=O)OC1CCN(C(=O)O)CC1. The van der Waals surface area contributed by atoms with Crippen LogP contribution in [0, 0.1) is 0 Å². The highest BCUT2D eigenvalue weighted by molar-refractivity contribution is 5.86. The number of piperidine rings is 1. The number of hydrogen-bond acceptors (Lipinski definition) is 4. The lowest BCUT2D eigenvalue weighted by Gasteiger charge is -2.29. The number of carbonyl (C=O) groups excluding carboxylic acids is 1. The summed E-state index contributed by atoms with van der Waals surface area (Å²) in [6.07, 6.45) is -0.757. The fourth-order valence-electron chi connectivity index (χ4n) is 2.20. The molecule has 0 aromatic heterocycles. The monoisotopic (exact) mass is 294 g/mol. The summed E-state index contributed by atoms with van der Waals surface area (Å²) >= 11 is 0. The van der Waals surface area contributed by atoms with E-state index in [-0.39, 0.29) is 6.10 Å². The molecule has 0 saturated carbocycles. The number of nitrogens with zero attached hydrogens (tertiary/aromatic N) is 1. The number of nitrogens with one attached hydrogen (secondary N) is 1. The average molecular weight is 294 g/mol. The second kappa shape index (κ2) is 6.83. The molecular formula is C14H18N2O5. The van der Waals surface area contributed by atoms with Gasteiger partial charge in [-0.25, -0.2) is 9.59 Å². The van der Waals surface area contributed by atoms with Gasteiger partial charge in [0.15, 0.2) is 0 Å². The fraction of sp³-hybridized carbons (Fsp3) is 0.429. The molecule has 0 radical (unpaired) electrons. The average Bonchev–Trinajstić information content (AvgIpc) is 2.48. The largest absolute Gasteiger partial charge is 0.495 e. The summed E-state index contributed by atoms with van der Waals surface area (Å²) in [5, 5.41) is 11.5. The summed E-state index contributed by atoms with van der Waals surface area (Å²) < 4.78 is 10.4. The number of anilines is 1. The number of carbonyl (C=O) groups is 2. The number of hydrogen-bond donors (Lipinski definition) is 2. The standard InChI is InChI=1S/C14H18N2O5/c1-20-12-5-3-2-4-11(12)15-13(17)21-10-6-8-16(9-7-10)14(18)19/h2-5,10H,6-9H2,1H3,(H,15,17)(H,18,19). The lowest BCUT2D eigenvalue weighted by Crippen LogP contribution is -2.41. The number of likely N-dealkylation sites (tertiary alicyclic amines) is 1.